The number of halogens is 1. The van der Waals surface area contributed by atoms with Crippen molar-refractivity contribution in [1.82, 2.24) is 9.97 Å². The molecule has 0 fully saturated rings. The number of hydrogen-bond donors (Lipinski definition) is 2. The van der Waals surface area contributed by atoms with Gasteiger partial charge in [0.05, 0.1) is 4.47 Å². The van der Waals surface area contributed by atoms with Crippen molar-refractivity contribution in [2.24, 2.45) is 0 Å². The highest BCUT2D eigenvalue weighted by Crippen LogP contribution is 2.23. The van der Waals surface area contributed by atoms with Crippen molar-refractivity contribution in [2.75, 3.05) is 17.2 Å². The van der Waals surface area contributed by atoms with Crippen LogP contribution in [0.25, 0.3) is 0 Å². The topological polar surface area (TPSA) is 49.8 Å². The molecule has 0 radical (unpaired) electrons. The lowest BCUT2D eigenvalue weighted by molar-refractivity contribution is 0.792. The minimum absolute atomic E-state index is 0.314. The van der Waals surface area contributed by atoms with E-state index in [0.717, 1.165) is 23.3 Å². The van der Waals surface area contributed by atoms with Crippen molar-refractivity contribution in [3.05, 3.63) is 32.6 Å². The molecule has 0 saturated heterocycles. The standard InChI is InChI=1S/C14H19BrN4S/c1-4-16-14-17-8-12(15)13(19-14)18-9(2)7-11-6-5-10(3)20-11/h5-6,8-9H,4,7H2,1-3H3,(H2,16,17,18,19). The second-order valence-corrected chi connectivity index (χ2v) is 6.91. The molecule has 2 aromatic rings. The molecule has 4 nitrogen and oxygen atoms in total. The molecule has 0 aromatic carbocycles. The molecule has 20 heavy (non-hydrogen) atoms. The van der Waals surface area contributed by atoms with Crippen molar-refractivity contribution in [1.29, 1.82) is 0 Å². The van der Waals surface area contributed by atoms with E-state index in [1.165, 1.54) is 9.75 Å². The maximum Gasteiger partial charge on any atom is 0.224 e. The Bertz CT molecular complexity index is 570. The van der Waals surface area contributed by atoms with Gasteiger partial charge in [0.1, 0.15) is 5.82 Å². The number of rotatable bonds is 6. The number of hydrogen-bond acceptors (Lipinski definition) is 5. The molecule has 2 rings (SSSR count). The van der Waals surface area contributed by atoms with Gasteiger partial charge in [-0.05, 0) is 48.8 Å². The van der Waals surface area contributed by atoms with E-state index in [9.17, 15) is 0 Å². The molecule has 0 aliphatic carbocycles. The second-order valence-electron chi connectivity index (χ2n) is 4.68. The second kappa shape index (κ2) is 7.04. The minimum atomic E-state index is 0.314. The summed E-state index contributed by atoms with van der Waals surface area (Å²) in [5, 5.41) is 6.56. The van der Waals surface area contributed by atoms with Gasteiger partial charge in [-0.15, -0.1) is 11.3 Å². The Morgan fingerprint density at radius 2 is 2.20 bits per heavy atom. The van der Waals surface area contributed by atoms with Crippen LogP contribution in [0.15, 0.2) is 22.8 Å². The fourth-order valence-corrected chi connectivity index (χ4v) is 3.22. The average molecular weight is 355 g/mol. The van der Waals surface area contributed by atoms with E-state index in [-0.39, 0.29) is 0 Å². The van der Waals surface area contributed by atoms with Crippen LogP contribution in [0.3, 0.4) is 0 Å². The zero-order chi connectivity index (χ0) is 14.5. The summed E-state index contributed by atoms with van der Waals surface area (Å²) < 4.78 is 0.883. The summed E-state index contributed by atoms with van der Waals surface area (Å²) in [7, 11) is 0. The molecule has 2 aromatic heterocycles. The molecule has 0 aliphatic heterocycles. The summed E-state index contributed by atoms with van der Waals surface area (Å²) in [6.45, 7) is 7.14. The van der Waals surface area contributed by atoms with Crippen molar-refractivity contribution in [3.63, 3.8) is 0 Å². The van der Waals surface area contributed by atoms with E-state index in [0.29, 0.717) is 12.0 Å². The predicted molar refractivity (Wildman–Crippen MR) is 89.7 cm³/mol. The molecule has 0 amide bonds. The molecule has 0 bridgehead atoms. The fraction of sp³-hybridized carbons (Fsp3) is 0.429. The Hall–Kier alpha value is -1.14. The lowest BCUT2D eigenvalue weighted by Crippen LogP contribution is -2.19. The molecule has 1 atom stereocenters. The maximum absolute atomic E-state index is 4.47. The number of nitrogens with zero attached hydrogens (tertiary/aromatic N) is 2. The van der Waals surface area contributed by atoms with Gasteiger partial charge in [0.25, 0.3) is 0 Å². The van der Waals surface area contributed by atoms with Gasteiger partial charge >= 0.3 is 0 Å². The van der Waals surface area contributed by atoms with Gasteiger partial charge in [0.2, 0.25) is 5.95 Å². The molecule has 0 aliphatic rings. The van der Waals surface area contributed by atoms with E-state index in [1.807, 2.05) is 18.3 Å². The van der Waals surface area contributed by atoms with Gasteiger partial charge < -0.3 is 10.6 Å². The van der Waals surface area contributed by atoms with Gasteiger partial charge in [-0.2, -0.15) is 4.98 Å². The largest absolute Gasteiger partial charge is 0.366 e. The Balaban J connectivity index is 2.02. The highest BCUT2D eigenvalue weighted by molar-refractivity contribution is 9.10. The molecule has 1 unspecified atom stereocenters. The van der Waals surface area contributed by atoms with Gasteiger partial charge in [-0.25, -0.2) is 4.98 Å². The molecule has 0 saturated carbocycles. The smallest absolute Gasteiger partial charge is 0.224 e. The molecule has 0 spiro atoms. The van der Waals surface area contributed by atoms with Crippen LogP contribution in [-0.2, 0) is 6.42 Å². The summed E-state index contributed by atoms with van der Waals surface area (Å²) in [5.41, 5.74) is 0. The Morgan fingerprint density at radius 1 is 1.40 bits per heavy atom. The van der Waals surface area contributed by atoms with E-state index in [1.54, 1.807) is 6.20 Å². The van der Waals surface area contributed by atoms with Gasteiger partial charge in [0.15, 0.2) is 0 Å². The Labute approximate surface area is 132 Å². The van der Waals surface area contributed by atoms with Crippen molar-refractivity contribution in [2.45, 2.75) is 33.2 Å². The molecular weight excluding hydrogens is 336 g/mol. The summed E-state index contributed by atoms with van der Waals surface area (Å²) in [6.07, 6.45) is 2.76. The Kier molecular flexibility index (Phi) is 5.37. The zero-order valence-electron chi connectivity index (χ0n) is 11.9. The number of anilines is 2. The number of thiophene rings is 1. The van der Waals surface area contributed by atoms with Crippen LogP contribution < -0.4 is 10.6 Å². The fourth-order valence-electron chi connectivity index (χ4n) is 1.89. The quantitative estimate of drug-likeness (QED) is 0.820. The monoisotopic (exact) mass is 354 g/mol. The number of aromatic nitrogens is 2. The van der Waals surface area contributed by atoms with Gasteiger partial charge in [-0.1, -0.05) is 0 Å². The van der Waals surface area contributed by atoms with Crippen LogP contribution in [0.2, 0.25) is 0 Å². The highest BCUT2D eigenvalue weighted by Gasteiger charge is 2.10. The summed E-state index contributed by atoms with van der Waals surface area (Å²) in [6, 6.07) is 4.67. The van der Waals surface area contributed by atoms with Crippen LogP contribution in [0.4, 0.5) is 11.8 Å². The van der Waals surface area contributed by atoms with E-state index < -0.39 is 0 Å². The Morgan fingerprint density at radius 3 is 2.85 bits per heavy atom. The first-order chi connectivity index (χ1) is 9.58. The van der Waals surface area contributed by atoms with E-state index in [2.05, 4.69) is 62.5 Å². The van der Waals surface area contributed by atoms with Crippen LogP contribution in [0, 0.1) is 6.92 Å². The van der Waals surface area contributed by atoms with Crippen molar-refractivity contribution >= 4 is 39.0 Å². The third-order valence-electron chi connectivity index (χ3n) is 2.77. The number of nitrogens with one attached hydrogen (secondary N) is 2. The maximum atomic E-state index is 4.47. The zero-order valence-corrected chi connectivity index (χ0v) is 14.3. The summed E-state index contributed by atoms with van der Waals surface area (Å²) in [5.74, 6) is 1.48. The molecule has 2 heterocycles. The van der Waals surface area contributed by atoms with Gasteiger partial charge in [-0.3, -0.25) is 0 Å². The lowest BCUT2D eigenvalue weighted by atomic mass is 10.2. The van der Waals surface area contributed by atoms with Gasteiger partial charge in [0, 0.05) is 35.0 Å². The first kappa shape index (κ1) is 15.3. The summed E-state index contributed by atoms with van der Waals surface area (Å²) >= 11 is 5.33. The molecular formula is C14H19BrN4S. The predicted octanol–water partition coefficient (Wildman–Crippen LogP) is 4.08. The molecule has 6 heteroatoms. The van der Waals surface area contributed by atoms with E-state index >= 15 is 0 Å². The molecule has 108 valence electrons. The number of aryl methyl sites for hydroxylation is 1. The normalized spacial score (nSPS) is 12.2. The van der Waals surface area contributed by atoms with Crippen LogP contribution >= 0.6 is 27.3 Å². The molecule has 2 N–H and O–H groups in total. The third-order valence-corrected chi connectivity index (χ3v) is 4.37. The third kappa shape index (κ3) is 4.18. The van der Waals surface area contributed by atoms with Crippen LogP contribution in [0.1, 0.15) is 23.6 Å². The average Bonchev–Trinajstić information content (AvgIpc) is 2.79. The highest BCUT2D eigenvalue weighted by atomic mass is 79.9. The minimum Gasteiger partial charge on any atom is -0.366 e. The first-order valence-corrected chi connectivity index (χ1v) is 8.27. The SMILES string of the molecule is CCNc1ncc(Br)c(NC(C)Cc2ccc(C)s2)n1. The summed E-state index contributed by atoms with van der Waals surface area (Å²) in [4.78, 5) is 11.4. The van der Waals surface area contributed by atoms with Crippen molar-refractivity contribution < 1.29 is 0 Å². The van der Waals surface area contributed by atoms with Crippen LogP contribution in [-0.4, -0.2) is 22.6 Å². The lowest BCUT2D eigenvalue weighted by Gasteiger charge is -2.15. The van der Waals surface area contributed by atoms with E-state index in [4.69, 9.17) is 0 Å². The van der Waals surface area contributed by atoms with Crippen LogP contribution in [0.5, 0.6) is 0 Å². The van der Waals surface area contributed by atoms with Crippen molar-refractivity contribution in [3.8, 4) is 0 Å². The first-order valence-electron chi connectivity index (χ1n) is 6.66.